The molecule has 1 rings (SSSR count). The van der Waals surface area contributed by atoms with E-state index in [9.17, 15) is 0 Å². The molecule has 0 aliphatic carbocycles. The Morgan fingerprint density at radius 3 is 2.56 bits per heavy atom. The van der Waals surface area contributed by atoms with Gasteiger partial charge in [-0.05, 0) is 12.5 Å². The van der Waals surface area contributed by atoms with Crippen LogP contribution in [0.4, 0.5) is 0 Å². The van der Waals surface area contributed by atoms with E-state index in [1.165, 1.54) is 5.56 Å². The number of rotatable bonds is 8. The predicted octanol–water partition coefficient (Wildman–Crippen LogP) is 3.40. The average Bonchev–Trinajstić information content (AvgIpc) is 2.29. The molecule has 0 aromatic heterocycles. The molecular formula is C16H25NO. The SMILES string of the molecule is C=C(C)COCC(C)(C)CNCc1ccccc1. The van der Waals surface area contributed by atoms with Crippen LogP contribution in [0.25, 0.3) is 0 Å². The molecule has 2 heteroatoms. The molecule has 18 heavy (non-hydrogen) atoms. The van der Waals surface area contributed by atoms with Gasteiger partial charge in [-0.25, -0.2) is 0 Å². The van der Waals surface area contributed by atoms with Gasteiger partial charge in [-0.1, -0.05) is 56.3 Å². The fourth-order valence-electron chi connectivity index (χ4n) is 1.69. The highest BCUT2D eigenvalue weighted by Gasteiger charge is 2.17. The first kappa shape index (κ1) is 14.9. The van der Waals surface area contributed by atoms with Crippen molar-refractivity contribution in [3.8, 4) is 0 Å². The maximum Gasteiger partial charge on any atom is 0.0671 e. The molecule has 1 aromatic rings. The van der Waals surface area contributed by atoms with Crippen molar-refractivity contribution in [3.63, 3.8) is 0 Å². The summed E-state index contributed by atoms with van der Waals surface area (Å²) in [5, 5.41) is 3.48. The summed E-state index contributed by atoms with van der Waals surface area (Å²) < 4.78 is 5.62. The van der Waals surface area contributed by atoms with Crippen LogP contribution in [-0.2, 0) is 11.3 Å². The number of nitrogens with one attached hydrogen (secondary N) is 1. The lowest BCUT2D eigenvalue weighted by Gasteiger charge is -2.25. The quantitative estimate of drug-likeness (QED) is 0.711. The predicted molar refractivity (Wildman–Crippen MR) is 77.6 cm³/mol. The second-order valence-corrected chi connectivity index (χ2v) is 5.70. The van der Waals surface area contributed by atoms with Crippen molar-refractivity contribution in [1.82, 2.24) is 5.32 Å². The first-order valence-electron chi connectivity index (χ1n) is 6.46. The molecule has 0 bridgehead atoms. The van der Waals surface area contributed by atoms with E-state index in [-0.39, 0.29) is 5.41 Å². The van der Waals surface area contributed by atoms with Crippen molar-refractivity contribution < 1.29 is 4.74 Å². The molecule has 0 atom stereocenters. The van der Waals surface area contributed by atoms with Crippen molar-refractivity contribution in [1.29, 1.82) is 0 Å². The second-order valence-electron chi connectivity index (χ2n) is 5.70. The van der Waals surface area contributed by atoms with Crippen molar-refractivity contribution in [2.45, 2.75) is 27.3 Å². The first-order valence-corrected chi connectivity index (χ1v) is 6.46. The van der Waals surface area contributed by atoms with Gasteiger partial charge in [0.15, 0.2) is 0 Å². The van der Waals surface area contributed by atoms with Crippen molar-refractivity contribution in [2.24, 2.45) is 5.41 Å². The molecule has 0 aliphatic rings. The minimum atomic E-state index is 0.143. The maximum absolute atomic E-state index is 5.62. The molecule has 1 aromatic carbocycles. The van der Waals surface area contributed by atoms with Crippen molar-refractivity contribution in [2.75, 3.05) is 19.8 Å². The standard InChI is InChI=1S/C16H25NO/c1-14(2)11-18-13-16(3,4)12-17-10-15-8-6-5-7-9-15/h5-9,17H,1,10-13H2,2-4H3. The summed E-state index contributed by atoms with van der Waals surface area (Å²) in [4.78, 5) is 0. The highest BCUT2D eigenvalue weighted by Crippen LogP contribution is 2.14. The minimum absolute atomic E-state index is 0.143. The Morgan fingerprint density at radius 2 is 1.94 bits per heavy atom. The van der Waals surface area contributed by atoms with Gasteiger partial charge >= 0.3 is 0 Å². The Kier molecular flexibility index (Phi) is 6.10. The molecule has 0 radical (unpaired) electrons. The Labute approximate surface area is 111 Å². The van der Waals surface area contributed by atoms with Gasteiger partial charge in [-0.2, -0.15) is 0 Å². The zero-order valence-corrected chi connectivity index (χ0v) is 11.8. The van der Waals surface area contributed by atoms with E-state index in [0.717, 1.165) is 25.3 Å². The average molecular weight is 247 g/mol. The molecule has 1 N–H and O–H groups in total. The van der Waals surface area contributed by atoms with Crippen LogP contribution in [0.1, 0.15) is 26.3 Å². The van der Waals surface area contributed by atoms with E-state index >= 15 is 0 Å². The lowest BCUT2D eigenvalue weighted by atomic mass is 9.95. The molecule has 100 valence electrons. The molecule has 2 nitrogen and oxygen atoms in total. The van der Waals surface area contributed by atoms with Crippen LogP contribution in [-0.4, -0.2) is 19.8 Å². The van der Waals surface area contributed by atoms with E-state index < -0.39 is 0 Å². The summed E-state index contributed by atoms with van der Waals surface area (Å²) in [6, 6.07) is 10.4. The molecule has 0 saturated heterocycles. The van der Waals surface area contributed by atoms with Crippen LogP contribution in [0, 0.1) is 5.41 Å². The molecule has 0 saturated carbocycles. The number of hydrogen-bond acceptors (Lipinski definition) is 2. The second kappa shape index (κ2) is 7.34. The van der Waals surface area contributed by atoms with E-state index in [4.69, 9.17) is 4.74 Å². The van der Waals surface area contributed by atoms with E-state index in [0.29, 0.717) is 6.61 Å². The van der Waals surface area contributed by atoms with Gasteiger partial charge in [-0.3, -0.25) is 0 Å². The van der Waals surface area contributed by atoms with Crippen LogP contribution >= 0.6 is 0 Å². The third kappa shape index (κ3) is 6.58. The van der Waals surface area contributed by atoms with E-state index in [2.05, 4.69) is 50.0 Å². The maximum atomic E-state index is 5.62. The molecule has 0 unspecified atom stereocenters. The van der Waals surface area contributed by atoms with Crippen molar-refractivity contribution >= 4 is 0 Å². The third-order valence-corrected chi connectivity index (χ3v) is 2.62. The zero-order valence-electron chi connectivity index (χ0n) is 11.8. The van der Waals surface area contributed by atoms with Crippen LogP contribution in [0.15, 0.2) is 42.5 Å². The van der Waals surface area contributed by atoms with Gasteiger partial charge in [0, 0.05) is 18.5 Å². The first-order chi connectivity index (χ1) is 8.49. The van der Waals surface area contributed by atoms with Crippen LogP contribution in [0.2, 0.25) is 0 Å². The molecule has 0 amide bonds. The normalized spacial score (nSPS) is 11.5. The number of ether oxygens (including phenoxy) is 1. The van der Waals surface area contributed by atoms with Gasteiger partial charge in [0.1, 0.15) is 0 Å². The molecule has 0 spiro atoms. The Morgan fingerprint density at radius 1 is 1.28 bits per heavy atom. The fraction of sp³-hybridized carbons (Fsp3) is 0.500. The Balaban J connectivity index is 2.22. The number of hydrogen-bond donors (Lipinski definition) is 1. The third-order valence-electron chi connectivity index (χ3n) is 2.62. The summed E-state index contributed by atoms with van der Waals surface area (Å²) in [6.45, 7) is 13.5. The zero-order chi connectivity index (χ0) is 13.4. The van der Waals surface area contributed by atoms with Crippen molar-refractivity contribution in [3.05, 3.63) is 48.0 Å². The lowest BCUT2D eigenvalue weighted by Crippen LogP contribution is -2.33. The van der Waals surface area contributed by atoms with Gasteiger partial charge in [0.05, 0.1) is 13.2 Å². The van der Waals surface area contributed by atoms with E-state index in [1.807, 2.05) is 13.0 Å². The molecular weight excluding hydrogens is 222 g/mol. The summed E-state index contributed by atoms with van der Waals surface area (Å²) in [5.74, 6) is 0. The molecule has 0 aliphatic heterocycles. The Hall–Kier alpha value is -1.12. The molecule has 0 heterocycles. The van der Waals surface area contributed by atoms with Gasteiger partial charge in [-0.15, -0.1) is 0 Å². The molecule has 0 fully saturated rings. The smallest absolute Gasteiger partial charge is 0.0671 e. The van der Waals surface area contributed by atoms with Gasteiger partial charge in [0.2, 0.25) is 0 Å². The Bertz CT molecular complexity index is 357. The summed E-state index contributed by atoms with van der Waals surface area (Å²) in [6.07, 6.45) is 0. The summed E-state index contributed by atoms with van der Waals surface area (Å²) >= 11 is 0. The topological polar surface area (TPSA) is 21.3 Å². The summed E-state index contributed by atoms with van der Waals surface area (Å²) in [7, 11) is 0. The minimum Gasteiger partial charge on any atom is -0.377 e. The van der Waals surface area contributed by atoms with E-state index in [1.54, 1.807) is 0 Å². The van der Waals surface area contributed by atoms with Crippen LogP contribution < -0.4 is 5.32 Å². The highest BCUT2D eigenvalue weighted by atomic mass is 16.5. The monoisotopic (exact) mass is 247 g/mol. The van der Waals surface area contributed by atoms with Gasteiger partial charge < -0.3 is 10.1 Å². The largest absolute Gasteiger partial charge is 0.377 e. The lowest BCUT2D eigenvalue weighted by molar-refractivity contribution is 0.0763. The summed E-state index contributed by atoms with van der Waals surface area (Å²) in [5.41, 5.74) is 2.53. The highest BCUT2D eigenvalue weighted by molar-refractivity contribution is 5.14. The fourth-order valence-corrected chi connectivity index (χ4v) is 1.69. The van der Waals surface area contributed by atoms with Crippen LogP contribution in [0.5, 0.6) is 0 Å². The van der Waals surface area contributed by atoms with Gasteiger partial charge in [0.25, 0.3) is 0 Å². The van der Waals surface area contributed by atoms with Crippen LogP contribution in [0.3, 0.4) is 0 Å². The number of benzene rings is 1.